The van der Waals surface area contributed by atoms with E-state index in [1.807, 2.05) is 78.9 Å². The molecule has 0 saturated heterocycles. The molecule has 0 N–H and O–H groups in total. The van der Waals surface area contributed by atoms with Crippen molar-refractivity contribution < 1.29 is 19.0 Å². The summed E-state index contributed by atoms with van der Waals surface area (Å²) >= 11 is 0. The molecule has 0 fully saturated rings. The molecule has 0 saturated carbocycles. The third-order valence-electron chi connectivity index (χ3n) is 4.10. The van der Waals surface area contributed by atoms with Crippen LogP contribution in [0.3, 0.4) is 0 Å². The second kappa shape index (κ2) is 10.7. The summed E-state index contributed by atoms with van der Waals surface area (Å²) in [7, 11) is 0. The van der Waals surface area contributed by atoms with Crippen molar-refractivity contribution in [2.45, 2.75) is 20.1 Å². The molecule has 29 heavy (non-hydrogen) atoms. The van der Waals surface area contributed by atoms with E-state index < -0.39 is 0 Å². The first-order valence-corrected chi connectivity index (χ1v) is 9.56. The standard InChI is InChI=1S/C25H24O4/c1-2-27-25(26)14-13-22-15-23(28-18-20-9-5-3-6-10-20)17-24(16-22)29-19-21-11-7-4-8-12-21/h3-17H,2,18-19H2,1H3/b14-13+. The Balaban J connectivity index is 1.75. The highest BCUT2D eigenvalue weighted by atomic mass is 16.5. The van der Waals surface area contributed by atoms with Crippen molar-refractivity contribution in [3.8, 4) is 11.5 Å². The molecule has 0 amide bonds. The number of carbonyl (C=O) groups is 1. The number of hydrogen-bond acceptors (Lipinski definition) is 4. The van der Waals surface area contributed by atoms with E-state index in [0.717, 1.165) is 16.7 Å². The molecule has 0 spiro atoms. The van der Waals surface area contributed by atoms with Crippen molar-refractivity contribution in [2.24, 2.45) is 0 Å². The first-order chi connectivity index (χ1) is 14.2. The number of hydrogen-bond donors (Lipinski definition) is 0. The summed E-state index contributed by atoms with van der Waals surface area (Å²) in [6.07, 6.45) is 3.10. The molecule has 3 rings (SSSR count). The second-order valence-corrected chi connectivity index (χ2v) is 6.37. The van der Waals surface area contributed by atoms with Crippen molar-refractivity contribution in [3.05, 3.63) is 102 Å². The van der Waals surface area contributed by atoms with E-state index in [4.69, 9.17) is 14.2 Å². The average molecular weight is 388 g/mol. The maximum atomic E-state index is 11.6. The SMILES string of the molecule is CCOC(=O)/C=C/c1cc(OCc2ccccc2)cc(OCc2ccccc2)c1. The van der Waals surface area contributed by atoms with E-state index in [9.17, 15) is 4.79 Å². The van der Waals surface area contributed by atoms with Crippen LogP contribution in [-0.2, 0) is 22.7 Å². The summed E-state index contributed by atoms with van der Waals surface area (Å²) in [5, 5.41) is 0. The van der Waals surface area contributed by atoms with Crippen molar-refractivity contribution in [1.29, 1.82) is 0 Å². The molecule has 0 atom stereocenters. The van der Waals surface area contributed by atoms with Crippen LogP contribution in [0.25, 0.3) is 6.08 Å². The Morgan fingerprint density at radius 1 is 0.793 bits per heavy atom. The van der Waals surface area contributed by atoms with E-state index >= 15 is 0 Å². The van der Waals surface area contributed by atoms with Crippen LogP contribution >= 0.6 is 0 Å². The molecule has 148 valence electrons. The van der Waals surface area contributed by atoms with Gasteiger partial charge < -0.3 is 14.2 Å². The fourth-order valence-corrected chi connectivity index (χ4v) is 2.69. The lowest BCUT2D eigenvalue weighted by atomic mass is 10.1. The van der Waals surface area contributed by atoms with Crippen LogP contribution in [-0.4, -0.2) is 12.6 Å². The normalized spacial score (nSPS) is 10.7. The summed E-state index contributed by atoms with van der Waals surface area (Å²) in [5.41, 5.74) is 2.95. The summed E-state index contributed by atoms with van der Waals surface area (Å²) < 4.78 is 16.8. The summed E-state index contributed by atoms with van der Waals surface area (Å²) in [4.78, 5) is 11.6. The van der Waals surface area contributed by atoms with Crippen molar-refractivity contribution in [3.63, 3.8) is 0 Å². The molecule has 3 aromatic carbocycles. The predicted octanol–water partition coefficient (Wildman–Crippen LogP) is 5.42. The maximum Gasteiger partial charge on any atom is 0.330 e. The lowest BCUT2D eigenvalue weighted by Crippen LogP contribution is -2.00. The first kappa shape index (κ1) is 20.2. The van der Waals surface area contributed by atoms with Gasteiger partial charge in [-0.25, -0.2) is 4.79 Å². The Morgan fingerprint density at radius 3 is 1.79 bits per heavy atom. The molecule has 0 heterocycles. The van der Waals surface area contributed by atoms with Crippen molar-refractivity contribution in [2.75, 3.05) is 6.61 Å². The molecule has 3 aromatic rings. The van der Waals surface area contributed by atoms with Gasteiger partial charge in [0, 0.05) is 12.1 Å². The number of ether oxygens (including phenoxy) is 3. The quantitative estimate of drug-likeness (QED) is 0.363. The van der Waals surface area contributed by atoms with Crippen LogP contribution < -0.4 is 9.47 Å². The molecule has 0 aliphatic heterocycles. The van der Waals surface area contributed by atoms with Gasteiger partial charge in [0.15, 0.2) is 0 Å². The summed E-state index contributed by atoms with van der Waals surface area (Å²) in [6.45, 7) is 3.02. The smallest absolute Gasteiger partial charge is 0.330 e. The van der Waals surface area contributed by atoms with E-state index in [1.54, 1.807) is 13.0 Å². The van der Waals surface area contributed by atoms with Gasteiger partial charge >= 0.3 is 5.97 Å². The Kier molecular flexibility index (Phi) is 7.47. The molecule has 4 heteroatoms. The Hall–Kier alpha value is -3.53. The lowest BCUT2D eigenvalue weighted by Gasteiger charge is -2.12. The summed E-state index contributed by atoms with van der Waals surface area (Å²) in [5.74, 6) is 0.959. The van der Waals surface area contributed by atoms with E-state index in [2.05, 4.69) is 0 Å². The van der Waals surface area contributed by atoms with Gasteiger partial charge in [-0.1, -0.05) is 60.7 Å². The zero-order chi connectivity index (χ0) is 20.3. The minimum Gasteiger partial charge on any atom is -0.489 e. The highest BCUT2D eigenvalue weighted by molar-refractivity contribution is 5.87. The highest BCUT2D eigenvalue weighted by Gasteiger charge is 2.05. The number of benzene rings is 3. The minimum atomic E-state index is -0.380. The van der Waals surface area contributed by atoms with Crippen LogP contribution in [0.2, 0.25) is 0 Å². The van der Waals surface area contributed by atoms with Crippen LogP contribution in [0.4, 0.5) is 0 Å². The number of esters is 1. The molecule has 0 aromatic heterocycles. The molecular formula is C25H24O4. The molecule has 0 unspecified atom stereocenters. The monoisotopic (exact) mass is 388 g/mol. The molecule has 4 nitrogen and oxygen atoms in total. The minimum absolute atomic E-state index is 0.342. The Bertz CT molecular complexity index is 872. The zero-order valence-electron chi connectivity index (χ0n) is 16.4. The molecule has 0 aliphatic carbocycles. The number of rotatable bonds is 9. The van der Waals surface area contributed by atoms with Gasteiger partial charge in [-0.15, -0.1) is 0 Å². The maximum absolute atomic E-state index is 11.6. The number of carbonyl (C=O) groups excluding carboxylic acids is 1. The van der Waals surface area contributed by atoms with Crippen LogP contribution in [0.15, 0.2) is 84.9 Å². The lowest BCUT2D eigenvalue weighted by molar-refractivity contribution is -0.137. The molecule has 0 aliphatic rings. The van der Waals surface area contributed by atoms with Gasteiger partial charge in [0.1, 0.15) is 24.7 Å². The van der Waals surface area contributed by atoms with Gasteiger partial charge in [-0.2, -0.15) is 0 Å². The molecule has 0 radical (unpaired) electrons. The van der Waals surface area contributed by atoms with E-state index in [0.29, 0.717) is 31.3 Å². The van der Waals surface area contributed by atoms with Crippen molar-refractivity contribution in [1.82, 2.24) is 0 Å². The highest BCUT2D eigenvalue weighted by Crippen LogP contribution is 2.25. The van der Waals surface area contributed by atoms with Crippen LogP contribution in [0.1, 0.15) is 23.6 Å². The van der Waals surface area contributed by atoms with Gasteiger partial charge in [0.05, 0.1) is 6.61 Å². The molecular weight excluding hydrogens is 364 g/mol. The first-order valence-electron chi connectivity index (χ1n) is 9.56. The largest absolute Gasteiger partial charge is 0.489 e. The average Bonchev–Trinajstić information content (AvgIpc) is 2.76. The fraction of sp³-hybridized carbons (Fsp3) is 0.160. The third-order valence-corrected chi connectivity index (χ3v) is 4.10. The fourth-order valence-electron chi connectivity index (χ4n) is 2.69. The van der Waals surface area contributed by atoms with Crippen LogP contribution in [0.5, 0.6) is 11.5 Å². The predicted molar refractivity (Wildman–Crippen MR) is 114 cm³/mol. The van der Waals surface area contributed by atoms with Gasteiger partial charge in [0.2, 0.25) is 0 Å². The second-order valence-electron chi connectivity index (χ2n) is 6.37. The Morgan fingerprint density at radius 2 is 1.31 bits per heavy atom. The zero-order valence-corrected chi connectivity index (χ0v) is 16.4. The van der Waals surface area contributed by atoms with Crippen LogP contribution in [0, 0.1) is 0 Å². The van der Waals surface area contributed by atoms with E-state index in [-0.39, 0.29) is 5.97 Å². The topological polar surface area (TPSA) is 44.8 Å². The summed E-state index contributed by atoms with van der Waals surface area (Å²) in [6, 6.07) is 25.5. The molecule has 0 bridgehead atoms. The van der Waals surface area contributed by atoms with Gasteiger partial charge in [0.25, 0.3) is 0 Å². The van der Waals surface area contributed by atoms with Crippen molar-refractivity contribution >= 4 is 12.0 Å². The Labute approximate surface area is 171 Å². The van der Waals surface area contributed by atoms with Gasteiger partial charge in [-0.05, 0) is 41.8 Å². The third kappa shape index (κ3) is 6.85. The van der Waals surface area contributed by atoms with E-state index in [1.165, 1.54) is 6.08 Å². The van der Waals surface area contributed by atoms with Gasteiger partial charge in [-0.3, -0.25) is 0 Å².